The molecule has 0 radical (unpaired) electrons. The van der Waals surface area contributed by atoms with E-state index in [9.17, 15) is 4.79 Å². The van der Waals surface area contributed by atoms with Gasteiger partial charge in [0.25, 0.3) is 5.91 Å². The van der Waals surface area contributed by atoms with Crippen molar-refractivity contribution >= 4 is 34.9 Å². The molecule has 4 nitrogen and oxygen atoms in total. The minimum absolute atomic E-state index is 0.189. The summed E-state index contributed by atoms with van der Waals surface area (Å²) in [6, 6.07) is 13.0. The van der Waals surface area contributed by atoms with Crippen LogP contribution in [-0.4, -0.2) is 15.9 Å². The molecule has 0 saturated heterocycles. The van der Waals surface area contributed by atoms with E-state index in [0.29, 0.717) is 39.6 Å². The summed E-state index contributed by atoms with van der Waals surface area (Å²) in [6.07, 6.45) is 2.04. The van der Waals surface area contributed by atoms with Crippen LogP contribution in [0.3, 0.4) is 0 Å². The van der Waals surface area contributed by atoms with Crippen LogP contribution in [0, 0.1) is 0 Å². The van der Waals surface area contributed by atoms with Crippen molar-refractivity contribution in [2.24, 2.45) is 0 Å². The van der Waals surface area contributed by atoms with Crippen LogP contribution in [0.25, 0.3) is 0 Å². The lowest BCUT2D eigenvalue weighted by Crippen LogP contribution is -2.12. The van der Waals surface area contributed by atoms with Gasteiger partial charge in [-0.25, -0.2) is 4.98 Å². The predicted molar refractivity (Wildman–Crippen MR) is 106 cm³/mol. The van der Waals surface area contributed by atoms with Gasteiger partial charge < -0.3 is 10.3 Å². The third-order valence-electron chi connectivity index (χ3n) is 4.12. The van der Waals surface area contributed by atoms with E-state index in [0.717, 1.165) is 5.56 Å². The van der Waals surface area contributed by atoms with E-state index in [1.54, 1.807) is 24.4 Å². The van der Waals surface area contributed by atoms with Gasteiger partial charge in [-0.1, -0.05) is 55.2 Å². The second-order valence-corrected chi connectivity index (χ2v) is 7.17. The zero-order valence-electron chi connectivity index (χ0n) is 14.5. The normalized spacial score (nSPS) is 11.0. The maximum absolute atomic E-state index is 12.4. The van der Waals surface area contributed by atoms with Crippen LogP contribution in [-0.2, 0) is 6.42 Å². The molecular formula is C20H19Cl2N3O. The number of aromatic amines is 1. The molecule has 0 bridgehead atoms. The number of aromatic nitrogens is 2. The first-order chi connectivity index (χ1) is 12.4. The van der Waals surface area contributed by atoms with Gasteiger partial charge >= 0.3 is 0 Å². The number of benzene rings is 2. The van der Waals surface area contributed by atoms with Gasteiger partial charge in [0.2, 0.25) is 0 Å². The standard InChI is InChI=1S/C20H19Cl2N3O/c1-12(2)13-6-8-14(9-7-13)20(26)25-19-11-23-18(24-19)10-15-16(21)4-3-5-17(15)22/h3-9,11-12H,10H2,1-2H3,(H,23,24)(H,25,26). The maximum atomic E-state index is 12.4. The van der Waals surface area contributed by atoms with Crippen LogP contribution in [0.1, 0.15) is 47.1 Å². The minimum atomic E-state index is -0.189. The van der Waals surface area contributed by atoms with Crippen LogP contribution in [0.15, 0.2) is 48.7 Å². The number of hydrogen-bond acceptors (Lipinski definition) is 2. The Balaban J connectivity index is 1.69. The number of rotatable bonds is 5. The van der Waals surface area contributed by atoms with Gasteiger partial charge in [-0.15, -0.1) is 0 Å². The molecule has 0 unspecified atom stereocenters. The lowest BCUT2D eigenvalue weighted by Gasteiger charge is -2.07. The maximum Gasteiger partial charge on any atom is 0.256 e. The molecule has 3 rings (SSSR count). The van der Waals surface area contributed by atoms with E-state index in [1.807, 2.05) is 24.3 Å². The molecule has 1 amide bonds. The van der Waals surface area contributed by atoms with E-state index in [-0.39, 0.29) is 5.91 Å². The van der Waals surface area contributed by atoms with Gasteiger partial charge in [0, 0.05) is 22.0 Å². The van der Waals surface area contributed by atoms with E-state index >= 15 is 0 Å². The van der Waals surface area contributed by atoms with Crippen molar-refractivity contribution in [1.29, 1.82) is 0 Å². The average molecular weight is 388 g/mol. The van der Waals surface area contributed by atoms with Crippen molar-refractivity contribution < 1.29 is 4.79 Å². The van der Waals surface area contributed by atoms with Gasteiger partial charge in [-0.3, -0.25) is 4.79 Å². The Bertz CT molecular complexity index is 897. The second-order valence-electron chi connectivity index (χ2n) is 6.35. The first-order valence-corrected chi connectivity index (χ1v) is 9.07. The number of nitrogens with one attached hydrogen (secondary N) is 2. The molecule has 6 heteroatoms. The molecular weight excluding hydrogens is 369 g/mol. The first-order valence-electron chi connectivity index (χ1n) is 8.32. The molecule has 0 aliphatic rings. The number of carbonyl (C=O) groups is 1. The average Bonchev–Trinajstić information content (AvgIpc) is 3.05. The van der Waals surface area contributed by atoms with Gasteiger partial charge in [-0.05, 0) is 41.3 Å². The fourth-order valence-electron chi connectivity index (χ4n) is 2.60. The Hall–Kier alpha value is -2.30. The molecule has 0 fully saturated rings. The van der Waals surface area contributed by atoms with Crippen molar-refractivity contribution in [3.8, 4) is 0 Å². The zero-order chi connectivity index (χ0) is 18.7. The van der Waals surface area contributed by atoms with Crippen molar-refractivity contribution in [3.63, 3.8) is 0 Å². The highest BCUT2D eigenvalue weighted by atomic mass is 35.5. The number of H-pyrrole nitrogens is 1. The molecule has 3 aromatic rings. The summed E-state index contributed by atoms with van der Waals surface area (Å²) in [5.41, 5.74) is 2.59. The summed E-state index contributed by atoms with van der Waals surface area (Å²) in [5.74, 6) is 1.44. The number of amides is 1. The Morgan fingerprint density at radius 3 is 2.38 bits per heavy atom. The lowest BCUT2D eigenvalue weighted by molar-refractivity contribution is 0.102. The summed E-state index contributed by atoms with van der Waals surface area (Å²) in [7, 11) is 0. The lowest BCUT2D eigenvalue weighted by atomic mass is 10.0. The Morgan fingerprint density at radius 1 is 1.12 bits per heavy atom. The van der Waals surface area contributed by atoms with Crippen molar-refractivity contribution in [3.05, 3.63) is 81.2 Å². The molecule has 0 aliphatic carbocycles. The molecule has 26 heavy (non-hydrogen) atoms. The summed E-state index contributed by atoms with van der Waals surface area (Å²) < 4.78 is 0. The van der Waals surface area contributed by atoms with Crippen molar-refractivity contribution in [2.45, 2.75) is 26.2 Å². The fourth-order valence-corrected chi connectivity index (χ4v) is 3.13. The number of imidazole rings is 1. The highest BCUT2D eigenvalue weighted by Gasteiger charge is 2.11. The third kappa shape index (κ3) is 4.26. The smallest absolute Gasteiger partial charge is 0.256 e. The molecule has 2 N–H and O–H groups in total. The van der Waals surface area contributed by atoms with Gasteiger partial charge in [0.15, 0.2) is 0 Å². The number of carbonyl (C=O) groups excluding carboxylic acids is 1. The highest BCUT2D eigenvalue weighted by molar-refractivity contribution is 6.36. The molecule has 0 spiro atoms. The zero-order valence-corrected chi connectivity index (χ0v) is 16.0. The molecule has 1 heterocycles. The minimum Gasteiger partial charge on any atom is -0.328 e. The molecule has 1 aromatic heterocycles. The molecule has 134 valence electrons. The third-order valence-corrected chi connectivity index (χ3v) is 4.83. The number of nitrogens with zero attached hydrogens (tertiary/aromatic N) is 1. The number of halogens is 2. The topological polar surface area (TPSA) is 57.8 Å². The number of hydrogen-bond donors (Lipinski definition) is 2. The van der Waals surface area contributed by atoms with E-state index in [2.05, 4.69) is 29.1 Å². The Kier molecular flexibility index (Phi) is 5.64. The van der Waals surface area contributed by atoms with Crippen LogP contribution in [0.4, 0.5) is 5.82 Å². The van der Waals surface area contributed by atoms with Gasteiger partial charge in [0.05, 0.1) is 6.20 Å². The Labute approximate surface area is 162 Å². The van der Waals surface area contributed by atoms with Gasteiger partial charge in [-0.2, -0.15) is 0 Å². The molecule has 0 aliphatic heterocycles. The van der Waals surface area contributed by atoms with E-state index < -0.39 is 0 Å². The molecule has 0 atom stereocenters. The summed E-state index contributed by atoms with van der Waals surface area (Å²) >= 11 is 12.4. The van der Waals surface area contributed by atoms with Crippen LogP contribution < -0.4 is 5.32 Å². The second kappa shape index (κ2) is 7.94. The van der Waals surface area contributed by atoms with Gasteiger partial charge in [0.1, 0.15) is 11.6 Å². The highest BCUT2D eigenvalue weighted by Crippen LogP contribution is 2.26. The first kappa shape index (κ1) is 18.5. The fraction of sp³-hybridized carbons (Fsp3) is 0.200. The summed E-state index contributed by atoms with van der Waals surface area (Å²) in [5, 5.41) is 3.99. The van der Waals surface area contributed by atoms with Crippen molar-refractivity contribution in [1.82, 2.24) is 9.97 Å². The summed E-state index contributed by atoms with van der Waals surface area (Å²) in [4.78, 5) is 19.7. The molecule has 0 saturated carbocycles. The monoisotopic (exact) mass is 387 g/mol. The molecule has 2 aromatic carbocycles. The van der Waals surface area contributed by atoms with Crippen LogP contribution in [0.5, 0.6) is 0 Å². The number of anilines is 1. The van der Waals surface area contributed by atoms with E-state index in [4.69, 9.17) is 23.2 Å². The SMILES string of the molecule is CC(C)c1ccc(C(=O)Nc2cnc(Cc3c(Cl)cccc3Cl)[nH]2)cc1. The van der Waals surface area contributed by atoms with Crippen LogP contribution >= 0.6 is 23.2 Å². The summed E-state index contributed by atoms with van der Waals surface area (Å²) in [6.45, 7) is 4.24. The largest absolute Gasteiger partial charge is 0.328 e. The van der Waals surface area contributed by atoms with E-state index in [1.165, 1.54) is 5.56 Å². The van der Waals surface area contributed by atoms with Crippen LogP contribution in [0.2, 0.25) is 10.0 Å². The van der Waals surface area contributed by atoms with Crippen molar-refractivity contribution in [2.75, 3.05) is 5.32 Å². The Morgan fingerprint density at radius 2 is 1.77 bits per heavy atom. The quantitative estimate of drug-likeness (QED) is 0.591. The predicted octanol–water partition coefficient (Wildman–Crippen LogP) is 5.68.